The molecule has 1 amide bonds. The fraction of sp³-hybridized carbons (Fsp3) is 0.438. The number of aryl methyl sites for hydroxylation is 2. The van der Waals surface area contributed by atoms with Gasteiger partial charge in [-0.1, -0.05) is 6.42 Å². The molecule has 3 rings (SSSR count). The summed E-state index contributed by atoms with van der Waals surface area (Å²) in [5.41, 5.74) is 1.39. The number of nitrogens with one attached hydrogen (secondary N) is 1. The summed E-state index contributed by atoms with van der Waals surface area (Å²) < 4.78 is 5.25. The molecule has 20 heavy (non-hydrogen) atoms. The number of thiophene rings is 1. The molecule has 0 aromatic carbocycles. The van der Waals surface area contributed by atoms with Crippen LogP contribution in [-0.4, -0.2) is 12.5 Å². The molecule has 0 aliphatic heterocycles. The van der Waals surface area contributed by atoms with Gasteiger partial charge in [0, 0.05) is 17.8 Å². The van der Waals surface area contributed by atoms with Crippen LogP contribution in [0.3, 0.4) is 0 Å². The first-order chi connectivity index (χ1) is 9.83. The Kier molecular flexibility index (Phi) is 4.21. The van der Waals surface area contributed by atoms with Gasteiger partial charge in [0.05, 0.1) is 11.1 Å². The Labute approximate surface area is 123 Å². The number of hydrogen-bond donors (Lipinski definition) is 1. The van der Waals surface area contributed by atoms with E-state index < -0.39 is 0 Å². The maximum absolute atomic E-state index is 12.1. The number of carbonyl (C=O) groups excluding carboxylic acids is 1. The summed E-state index contributed by atoms with van der Waals surface area (Å²) in [6, 6.07) is 5.89. The molecule has 0 atom stereocenters. The van der Waals surface area contributed by atoms with Crippen LogP contribution < -0.4 is 5.32 Å². The first-order valence-electron chi connectivity index (χ1n) is 7.25. The van der Waals surface area contributed by atoms with Gasteiger partial charge in [0.1, 0.15) is 5.76 Å². The van der Waals surface area contributed by atoms with Crippen LogP contribution in [0.25, 0.3) is 0 Å². The van der Waals surface area contributed by atoms with Crippen LogP contribution in [0.5, 0.6) is 0 Å². The van der Waals surface area contributed by atoms with Gasteiger partial charge in [0.2, 0.25) is 0 Å². The van der Waals surface area contributed by atoms with Gasteiger partial charge >= 0.3 is 0 Å². The minimum atomic E-state index is 0.0506. The highest BCUT2D eigenvalue weighted by Gasteiger charge is 2.16. The summed E-state index contributed by atoms with van der Waals surface area (Å²) in [6.07, 6.45) is 8.49. The fourth-order valence-electron chi connectivity index (χ4n) is 2.62. The molecule has 4 heteroatoms. The number of carbonyl (C=O) groups is 1. The molecular weight excluding hydrogens is 270 g/mol. The smallest absolute Gasteiger partial charge is 0.261 e. The Hall–Kier alpha value is -1.55. The lowest BCUT2D eigenvalue weighted by Gasteiger charge is -2.01. The van der Waals surface area contributed by atoms with E-state index in [0.29, 0.717) is 6.54 Å². The number of amides is 1. The molecule has 0 fully saturated rings. The number of fused-ring (bicyclic) bond motifs is 1. The second kappa shape index (κ2) is 6.27. The quantitative estimate of drug-likeness (QED) is 0.874. The third-order valence-corrected chi connectivity index (χ3v) is 4.94. The predicted octanol–water partition coefficient (Wildman–Crippen LogP) is 3.58. The van der Waals surface area contributed by atoms with Gasteiger partial charge in [0.15, 0.2) is 0 Å². The van der Waals surface area contributed by atoms with E-state index in [2.05, 4.69) is 11.4 Å². The molecule has 2 aromatic heterocycles. The molecular formula is C16H19NO2S. The lowest BCUT2D eigenvalue weighted by Crippen LogP contribution is -2.24. The normalized spacial score (nSPS) is 14.6. The van der Waals surface area contributed by atoms with E-state index in [0.717, 1.165) is 29.9 Å². The average molecular weight is 289 g/mol. The van der Waals surface area contributed by atoms with Gasteiger partial charge in [-0.2, -0.15) is 0 Å². The summed E-state index contributed by atoms with van der Waals surface area (Å²) >= 11 is 1.67. The van der Waals surface area contributed by atoms with Crippen molar-refractivity contribution in [2.75, 3.05) is 6.54 Å². The third-order valence-electron chi connectivity index (χ3n) is 3.71. The maximum atomic E-state index is 12.1. The standard InChI is InChI=1S/C16H19NO2S/c18-16(17-9-8-13-6-4-10-19-13)15-11-12-5-2-1-3-7-14(12)20-15/h4,6,10-11H,1-3,5,7-9H2,(H,17,18). The topological polar surface area (TPSA) is 42.2 Å². The number of rotatable bonds is 4. The lowest BCUT2D eigenvalue weighted by molar-refractivity contribution is 0.0957. The molecule has 0 unspecified atom stereocenters. The summed E-state index contributed by atoms with van der Waals surface area (Å²) in [6.45, 7) is 0.620. The number of hydrogen-bond acceptors (Lipinski definition) is 3. The lowest BCUT2D eigenvalue weighted by atomic mass is 10.1. The van der Waals surface area contributed by atoms with Crippen molar-refractivity contribution in [3.8, 4) is 0 Å². The average Bonchev–Trinajstić information content (AvgIpc) is 3.05. The van der Waals surface area contributed by atoms with Gasteiger partial charge in [-0.05, 0) is 49.4 Å². The Balaban J connectivity index is 1.57. The molecule has 1 aliphatic rings. The third kappa shape index (κ3) is 3.12. The van der Waals surface area contributed by atoms with Crippen molar-refractivity contribution in [2.45, 2.75) is 38.5 Å². The van der Waals surface area contributed by atoms with E-state index in [1.807, 2.05) is 12.1 Å². The molecule has 0 bridgehead atoms. The molecule has 3 nitrogen and oxygen atoms in total. The SMILES string of the molecule is O=C(NCCc1ccco1)c1cc2c(s1)CCCCC2. The molecule has 0 radical (unpaired) electrons. The van der Waals surface area contributed by atoms with Crippen LogP contribution in [0.4, 0.5) is 0 Å². The zero-order valence-corrected chi connectivity index (χ0v) is 12.3. The molecule has 0 spiro atoms. The first kappa shape index (κ1) is 13.4. The van der Waals surface area contributed by atoms with Crippen molar-refractivity contribution in [2.24, 2.45) is 0 Å². The van der Waals surface area contributed by atoms with Crippen molar-refractivity contribution >= 4 is 17.2 Å². The number of furan rings is 1. The highest BCUT2D eigenvalue weighted by Crippen LogP contribution is 2.28. The molecule has 1 N–H and O–H groups in total. The monoisotopic (exact) mass is 289 g/mol. The van der Waals surface area contributed by atoms with Crippen molar-refractivity contribution < 1.29 is 9.21 Å². The predicted molar refractivity (Wildman–Crippen MR) is 80.3 cm³/mol. The van der Waals surface area contributed by atoms with Crippen LogP contribution in [0.1, 0.15) is 45.1 Å². The van der Waals surface area contributed by atoms with Crippen molar-refractivity contribution in [3.05, 3.63) is 45.5 Å². The Morgan fingerprint density at radius 3 is 3.05 bits per heavy atom. The summed E-state index contributed by atoms with van der Waals surface area (Å²) in [4.78, 5) is 14.4. The zero-order chi connectivity index (χ0) is 13.8. The zero-order valence-electron chi connectivity index (χ0n) is 11.5. The van der Waals surface area contributed by atoms with E-state index in [1.165, 1.54) is 29.7 Å². The Morgan fingerprint density at radius 2 is 2.20 bits per heavy atom. The fourth-order valence-corrected chi connectivity index (χ4v) is 3.79. The van der Waals surface area contributed by atoms with E-state index in [4.69, 9.17) is 4.42 Å². The van der Waals surface area contributed by atoms with Gasteiger partial charge in [0.25, 0.3) is 5.91 Å². The van der Waals surface area contributed by atoms with Crippen LogP contribution in [0.2, 0.25) is 0 Å². The Morgan fingerprint density at radius 1 is 1.30 bits per heavy atom. The van der Waals surface area contributed by atoms with E-state index >= 15 is 0 Å². The van der Waals surface area contributed by atoms with Crippen molar-refractivity contribution in [3.63, 3.8) is 0 Å². The second-order valence-corrected chi connectivity index (χ2v) is 6.34. The van der Waals surface area contributed by atoms with Gasteiger partial charge in [-0.15, -0.1) is 11.3 Å². The summed E-state index contributed by atoms with van der Waals surface area (Å²) in [7, 11) is 0. The van der Waals surface area contributed by atoms with Crippen molar-refractivity contribution in [1.82, 2.24) is 5.32 Å². The second-order valence-electron chi connectivity index (χ2n) is 5.20. The summed E-state index contributed by atoms with van der Waals surface area (Å²) in [5.74, 6) is 0.960. The molecule has 1 aliphatic carbocycles. The van der Waals surface area contributed by atoms with E-state index in [-0.39, 0.29) is 5.91 Å². The van der Waals surface area contributed by atoms with E-state index in [1.54, 1.807) is 17.6 Å². The van der Waals surface area contributed by atoms with Crippen molar-refractivity contribution in [1.29, 1.82) is 0 Å². The highest BCUT2D eigenvalue weighted by atomic mass is 32.1. The van der Waals surface area contributed by atoms with Crippen LogP contribution in [0, 0.1) is 0 Å². The molecule has 0 saturated carbocycles. The van der Waals surface area contributed by atoms with E-state index in [9.17, 15) is 4.79 Å². The highest BCUT2D eigenvalue weighted by molar-refractivity contribution is 7.14. The maximum Gasteiger partial charge on any atom is 0.261 e. The van der Waals surface area contributed by atoms with Crippen LogP contribution in [0.15, 0.2) is 28.9 Å². The molecule has 106 valence electrons. The molecule has 0 saturated heterocycles. The molecule has 2 aromatic rings. The molecule has 2 heterocycles. The van der Waals surface area contributed by atoms with Gasteiger partial charge in [-0.25, -0.2) is 0 Å². The van der Waals surface area contributed by atoms with Gasteiger partial charge in [-0.3, -0.25) is 4.79 Å². The van der Waals surface area contributed by atoms with Gasteiger partial charge < -0.3 is 9.73 Å². The largest absolute Gasteiger partial charge is 0.469 e. The van der Waals surface area contributed by atoms with Crippen LogP contribution >= 0.6 is 11.3 Å². The van der Waals surface area contributed by atoms with Crippen LogP contribution in [-0.2, 0) is 19.3 Å². The minimum Gasteiger partial charge on any atom is -0.469 e. The minimum absolute atomic E-state index is 0.0506. The summed E-state index contributed by atoms with van der Waals surface area (Å²) in [5, 5.41) is 2.97. The first-order valence-corrected chi connectivity index (χ1v) is 8.07. The Bertz CT molecular complexity index is 548.